The number of hydrogen-bond donors (Lipinski definition) is 2. The van der Waals surface area contributed by atoms with E-state index in [9.17, 15) is 13.2 Å². The molecule has 1 aromatic rings. The molecule has 2 N–H and O–H groups in total. The van der Waals surface area contributed by atoms with E-state index >= 15 is 0 Å². The molecule has 0 aliphatic heterocycles. The van der Waals surface area contributed by atoms with Gasteiger partial charge >= 0.3 is 5.97 Å². The van der Waals surface area contributed by atoms with Crippen LogP contribution >= 0.6 is 0 Å². The fraction of sp³-hybridized carbons (Fsp3) is 0.308. The standard InChI is InChI=1S/C13H15NO4S/c1-2-3-4-9-14-19(17,18)12-7-5-11(6-8-12)10-13(15)16/h5-8,14H,4,9-10H2,1H3,(H,15,16). The molecule has 0 heterocycles. The van der Waals surface area contributed by atoms with E-state index in [1.807, 2.05) is 0 Å². The first-order chi connectivity index (χ1) is 8.95. The third-order valence-corrected chi connectivity index (χ3v) is 3.78. The van der Waals surface area contributed by atoms with Crippen molar-refractivity contribution in [3.63, 3.8) is 0 Å². The van der Waals surface area contributed by atoms with Crippen molar-refractivity contribution >= 4 is 16.0 Å². The van der Waals surface area contributed by atoms with Gasteiger partial charge in [0.05, 0.1) is 11.3 Å². The smallest absolute Gasteiger partial charge is 0.307 e. The van der Waals surface area contributed by atoms with Gasteiger partial charge < -0.3 is 5.11 Å². The van der Waals surface area contributed by atoms with Crippen LogP contribution in [0.3, 0.4) is 0 Å². The van der Waals surface area contributed by atoms with Gasteiger partial charge in [-0.05, 0) is 24.6 Å². The summed E-state index contributed by atoms with van der Waals surface area (Å²) in [7, 11) is -3.55. The molecule has 0 unspecified atom stereocenters. The highest BCUT2D eigenvalue weighted by Gasteiger charge is 2.12. The Balaban J connectivity index is 2.72. The Morgan fingerprint density at radius 2 is 1.95 bits per heavy atom. The van der Waals surface area contributed by atoms with Crippen molar-refractivity contribution in [2.75, 3.05) is 6.54 Å². The quantitative estimate of drug-likeness (QED) is 0.602. The molecule has 102 valence electrons. The summed E-state index contributed by atoms with van der Waals surface area (Å²) in [6.45, 7) is 1.94. The van der Waals surface area contributed by atoms with Gasteiger partial charge in [0.1, 0.15) is 0 Å². The van der Waals surface area contributed by atoms with E-state index in [4.69, 9.17) is 5.11 Å². The largest absolute Gasteiger partial charge is 0.481 e. The third kappa shape index (κ3) is 5.12. The van der Waals surface area contributed by atoms with Gasteiger partial charge in [-0.1, -0.05) is 12.1 Å². The summed E-state index contributed by atoms with van der Waals surface area (Å²) in [6.07, 6.45) is 0.326. The number of carbonyl (C=O) groups is 1. The zero-order chi connectivity index (χ0) is 14.3. The van der Waals surface area contributed by atoms with Gasteiger partial charge in [-0.2, -0.15) is 0 Å². The van der Waals surface area contributed by atoms with Crippen molar-refractivity contribution in [3.8, 4) is 11.8 Å². The van der Waals surface area contributed by atoms with Crippen LogP contribution in [-0.4, -0.2) is 26.0 Å². The predicted molar refractivity (Wildman–Crippen MR) is 71.0 cm³/mol. The second-order valence-corrected chi connectivity index (χ2v) is 5.56. The van der Waals surface area contributed by atoms with Gasteiger partial charge in [-0.25, -0.2) is 13.1 Å². The number of carboxylic acid groups (broad SMARTS) is 1. The second kappa shape index (κ2) is 6.92. The first kappa shape index (κ1) is 15.2. The molecule has 0 aliphatic carbocycles. The van der Waals surface area contributed by atoms with Crippen LogP contribution in [-0.2, 0) is 21.2 Å². The summed E-state index contributed by atoms with van der Waals surface area (Å²) in [5.41, 5.74) is 0.559. The number of benzene rings is 1. The molecule has 0 bridgehead atoms. The van der Waals surface area contributed by atoms with Gasteiger partial charge in [0.2, 0.25) is 10.0 Å². The second-order valence-electron chi connectivity index (χ2n) is 3.79. The van der Waals surface area contributed by atoms with Gasteiger partial charge in [0.25, 0.3) is 0 Å². The number of aliphatic carboxylic acids is 1. The van der Waals surface area contributed by atoms with Crippen molar-refractivity contribution in [1.82, 2.24) is 4.72 Å². The van der Waals surface area contributed by atoms with Crippen LogP contribution in [0.25, 0.3) is 0 Å². The molecule has 0 saturated heterocycles. The van der Waals surface area contributed by atoms with Crippen molar-refractivity contribution in [1.29, 1.82) is 0 Å². The Bertz CT molecular complexity index is 594. The number of sulfonamides is 1. The molecular weight excluding hydrogens is 266 g/mol. The summed E-state index contributed by atoms with van der Waals surface area (Å²) in [5, 5.41) is 8.62. The van der Waals surface area contributed by atoms with Crippen molar-refractivity contribution in [2.45, 2.75) is 24.7 Å². The molecule has 1 rings (SSSR count). The molecular formula is C13H15NO4S. The van der Waals surface area contributed by atoms with Crippen LogP contribution < -0.4 is 4.72 Å². The van der Waals surface area contributed by atoms with Crippen molar-refractivity contribution < 1.29 is 18.3 Å². The molecule has 19 heavy (non-hydrogen) atoms. The summed E-state index contributed by atoms with van der Waals surface area (Å²) in [4.78, 5) is 10.6. The maximum atomic E-state index is 11.9. The fourth-order valence-electron chi connectivity index (χ4n) is 1.42. The molecule has 0 aliphatic rings. The molecule has 0 amide bonds. The maximum Gasteiger partial charge on any atom is 0.307 e. The minimum Gasteiger partial charge on any atom is -0.481 e. The topological polar surface area (TPSA) is 83.5 Å². The van der Waals surface area contributed by atoms with Crippen LogP contribution in [0, 0.1) is 11.8 Å². The zero-order valence-corrected chi connectivity index (χ0v) is 11.3. The van der Waals surface area contributed by atoms with E-state index in [0.29, 0.717) is 12.0 Å². The highest BCUT2D eigenvalue weighted by atomic mass is 32.2. The van der Waals surface area contributed by atoms with E-state index < -0.39 is 16.0 Å². The van der Waals surface area contributed by atoms with E-state index in [2.05, 4.69) is 16.6 Å². The number of carboxylic acids is 1. The molecule has 0 radical (unpaired) electrons. The van der Waals surface area contributed by atoms with Crippen LogP contribution in [0.15, 0.2) is 29.2 Å². The number of rotatable bonds is 6. The Labute approximate surface area is 112 Å². The molecule has 0 fully saturated rings. The van der Waals surface area contributed by atoms with Gasteiger partial charge in [0, 0.05) is 13.0 Å². The van der Waals surface area contributed by atoms with E-state index in [0.717, 1.165) is 0 Å². The monoisotopic (exact) mass is 281 g/mol. The van der Waals surface area contributed by atoms with Crippen LogP contribution in [0.1, 0.15) is 18.9 Å². The third-order valence-electron chi connectivity index (χ3n) is 2.31. The van der Waals surface area contributed by atoms with E-state index in [1.54, 1.807) is 6.92 Å². The minimum atomic E-state index is -3.55. The Hall–Kier alpha value is -1.84. The highest BCUT2D eigenvalue weighted by Crippen LogP contribution is 2.10. The van der Waals surface area contributed by atoms with E-state index in [1.165, 1.54) is 24.3 Å². The summed E-state index contributed by atoms with van der Waals surface area (Å²) in [6, 6.07) is 5.78. The molecule has 5 nitrogen and oxygen atoms in total. The first-order valence-corrected chi connectivity index (χ1v) is 7.14. The molecule has 0 spiro atoms. The summed E-state index contributed by atoms with van der Waals surface area (Å²) in [5.74, 6) is 4.49. The molecule has 6 heteroatoms. The Kier molecular flexibility index (Phi) is 5.55. The van der Waals surface area contributed by atoms with Crippen LogP contribution in [0.4, 0.5) is 0 Å². The summed E-state index contributed by atoms with van der Waals surface area (Å²) < 4.78 is 26.1. The molecule has 0 aromatic heterocycles. The number of nitrogens with one attached hydrogen (secondary N) is 1. The van der Waals surface area contributed by atoms with Crippen molar-refractivity contribution in [3.05, 3.63) is 29.8 Å². The first-order valence-electron chi connectivity index (χ1n) is 5.65. The fourth-order valence-corrected chi connectivity index (χ4v) is 2.45. The average Bonchev–Trinajstić information content (AvgIpc) is 2.35. The average molecular weight is 281 g/mol. The lowest BCUT2D eigenvalue weighted by molar-refractivity contribution is -0.136. The summed E-state index contributed by atoms with van der Waals surface area (Å²) >= 11 is 0. The number of hydrogen-bond acceptors (Lipinski definition) is 3. The van der Waals surface area contributed by atoms with Gasteiger partial charge in [0.15, 0.2) is 0 Å². The minimum absolute atomic E-state index is 0.117. The maximum absolute atomic E-state index is 11.9. The van der Waals surface area contributed by atoms with E-state index in [-0.39, 0.29) is 17.9 Å². The van der Waals surface area contributed by atoms with Crippen molar-refractivity contribution in [2.24, 2.45) is 0 Å². The normalized spacial score (nSPS) is 10.6. The molecule has 0 atom stereocenters. The van der Waals surface area contributed by atoms with Crippen LogP contribution in [0.2, 0.25) is 0 Å². The lowest BCUT2D eigenvalue weighted by atomic mass is 10.2. The zero-order valence-electron chi connectivity index (χ0n) is 10.5. The van der Waals surface area contributed by atoms with Crippen LogP contribution in [0.5, 0.6) is 0 Å². The Morgan fingerprint density at radius 1 is 1.32 bits per heavy atom. The Morgan fingerprint density at radius 3 is 2.47 bits per heavy atom. The highest BCUT2D eigenvalue weighted by molar-refractivity contribution is 7.89. The molecule has 0 saturated carbocycles. The predicted octanol–water partition coefficient (Wildman–Crippen LogP) is 1.01. The molecule has 1 aromatic carbocycles. The lowest BCUT2D eigenvalue weighted by Crippen LogP contribution is -2.24. The van der Waals surface area contributed by atoms with Gasteiger partial charge in [-0.3, -0.25) is 4.79 Å². The lowest BCUT2D eigenvalue weighted by Gasteiger charge is -2.05. The SMILES string of the molecule is CC#CCCNS(=O)(=O)c1ccc(CC(=O)O)cc1. The van der Waals surface area contributed by atoms with Gasteiger partial charge in [-0.15, -0.1) is 11.8 Å².